The molecule has 1 aliphatic heterocycles. The molecule has 0 aliphatic carbocycles. The molecule has 0 radical (unpaired) electrons. The molecular weight excluding hydrogens is 281 g/mol. The molecule has 0 N–H and O–H groups in total. The van der Waals surface area contributed by atoms with Crippen molar-refractivity contribution in [1.82, 2.24) is 4.90 Å². The van der Waals surface area contributed by atoms with Crippen molar-refractivity contribution >= 4 is 34.4 Å². The number of rotatable bonds is 3. The zero-order valence-corrected chi connectivity index (χ0v) is 10.9. The second-order valence-electron chi connectivity index (χ2n) is 3.64. The Morgan fingerprint density at radius 3 is 2.92 bits per heavy atom. The first kappa shape index (κ1) is 11.1. The second kappa shape index (κ2) is 5.70. The van der Waals surface area contributed by atoms with Crippen LogP contribution in [0.15, 0.2) is 0 Å². The molecule has 72 valence electrons. The Labute approximate surface area is 93.8 Å². The Hall–Kier alpha value is 1.04. The van der Waals surface area contributed by atoms with Crippen LogP contribution in [0.3, 0.4) is 0 Å². The lowest BCUT2D eigenvalue weighted by atomic mass is 10.1. The van der Waals surface area contributed by atoms with E-state index in [-0.39, 0.29) is 0 Å². The zero-order chi connectivity index (χ0) is 8.97. The van der Waals surface area contributed by atoms with E-state index in [0.29, 0.717) is 0 Å². The van der Waals surface area contributed by atoms with Gasteiger partial charge in [-0.3, -0.25) is 0 Å². The van der Waals surface area contributed by atoms with E-state index in [1.54, 1.807) is 0 Å². The number of alkyl halides is 1. The van der Waals surface area contributed by atoms with E-state index in [4.69, 9.17) is 0 Å². The van der Waals surface area contributed by atoms with Gasteiger partial charge in [0.15, 0.2) is 0 Å². The summed E-state index contributed by atoms with van der Waals surface area (Å²) in [5, 5.41) is 0.877. The molecule has 0 saturated carbocycles. The molecule has 1 heterocycles. The molecule has 0 bridgehead atoms. The van der Waals surface area contributed by atoms with Crippen LogP contribution >= 0.6 is 34.4 Å². The topological polar surface area (TPSA) is 3.24 Å². The van der Waals surface area contributed by atoms with E-state index in [9.17, 15) is 0 Å². The predicted molar refractivity (Wildman–Crippen MR) is 66.4 cm³/mol. The number of thioether (sulfide) groups is 1. The highest BCUT2D eigenvalue weighted by molar-refractivity contribution is 14.1. The summed E-state index contributed by atoms with van der Waals surface area (Å²) in [6, 6.07) is 0. The quantitative estimate of drug-likeness (QED) is 0.582. The van der Waals surface area contributed by atoms with Gasteiger partial charge < -0.3 is 4.90 Å². The number of halogens is 1. The first-order valence-corrected chi connectivity index (χ1v) is 7.21. The Bertz CT molecular complexity index is 128. The standard InChI is InChI=1S/C9H18INS/c1-8(2)9-7-11(4-3-10)5-6-12-9/h8-9H,3-7H2,1-2H3. The molecule has 12 heavy (non-hydrogen) atoms. The number of hydrogen-bond donors (Lipinski definition) is 0. The normalized spacial score (nSPS) is 26.5. The average molecular weight is 299 g/mol. The van der Waals surface area contributed by atoms with Gasteiger partial charge in [-0.2, -0.15) is 11.8 Å². The minimum absolute atomic E-state index is 0.840. The Morgan fingerprint density at radius 2 is 2.33 bits per heavy atom. The fourth-order valence-corrected chi connectivity index (χ4v) is 3.51. The first-order valence-electron chi connectivity index (χ1n) is 4.64. The van der Waals surface area contributed by atoms with E-state index in [1.807, 2.05) is 0 Å². The molecule has 1 fully saturated rings. The van der Waals surface area contributed by atoms with Crippen molar-refractivity contribution in [3.8, 4) is 0 Å². The van der Waals surface area contributed by atoms with Crippen molar-refractivity contribution < 1.29 is 0 Å². The molecule has 1 atom stereocenters. The largest absolute Gasteiger partial charge is 0.301 e. The third kappa shape index (κ3) is 3.42. The van der Waals surface area contributed by atoms with Crippen molar-refractivity contribution in [3.05, 3.63) is 0 Å². The molecule has 1 saturated heterocycles. The number of nitrogens with zero attached hydrogens (tertiary/aromatic N) is 1. The van der Waals surface area contributed by atoms with Gasteiger partial charge in [0, 0.05) is 35.1 Å². The van der Waals surface area contributed by atoms with Crippen LogP contribution in [0.1, 0.15) is 13.8 Å². The summed E-state index contributed by atoms with van der Waals surface area (Å²) >= 11 is 4.62. The molecule has 1 aliphatic rings. The summed E-state index contributed by atoms with van der Waals surface area (Å²) in [5.41, 5.74) is 0. The summed E-state index contributed by atoms with van der Waals surface area (Å²) in [6.07, 6.45) is 0. The molecule has 0 aromatic rings. The van der Waals surface area contributed by atoms with Crippen LogP contribution in [0.4, 0.5) is 0 Å². The van der Waals surface area contributed by atoms with E-state index in [2.05, 4.69) is 53.1 Å². The summed E-state index contributed by atoms with van der Waals surface area (Å²) < 4.78 is 1.27. The van der Waals surface area contributed by atoms with Gasteiger partial charge in [-0.05, 0) is 5.92 Å². The van der Waals surface area contributed by atoms with Crippen molar-refractivity contribution in [3.63, 3.8) is 0 Å². The van der Waals surface area contributed by atoms with E-state index >= 15 is 0 Å². The third-order valence-electron chi connectivity index (χ3n) is 2.32. The molecule has 1 unspecified atom stereocenters. The smallest absolute Gasteiger partial charge is 0.0198 e. The fraction of sp³-hybridized carbons (Fsp3) is 1.00. The van der Waals surface area contributed by atoms with E-state index in [0.717, 1.165) is 11.2 Å². The molecule has 0 amide bonds. The van der Waals surface area contributed by atoms with Crippen LogP contribution in [0.2, 0.25) is 0 Å². The molecule has 1 nitrogen and oxygen atoms in total. The van der Waals surface area contributed by atoms with Crippen molar-refractivity contribution in [2.45, 2.75) is 19.1 Å². The summed E-state index contributed by atoms with van der Waals surface area (Å²) in [7, 11) is 0. The maximum absolute atomic E-state index is 2.60. The SMILES string of the molecule is CC(C)C1CN(CCI)CCS1. The van der Waals surface area contributed by atoms with Gasteiger partial charge in [-0.25, -0.2) is 0 Å². The summed E-state index contributed by atoms with van der Waals surface area (Å²) in [5.74, 6) is 2.17. The zero-order valence-electron chi connectivity index (χ0n) is 7.92. The van der Waals surface area contributed by atoms with Crippen LogP contribution < -0.4 is 0 Å². The van der Waals surface area contributed by atoms with E-state index in [1.165, 1.54) is 29.8 Å². The molecule has 0 spiro atoms. The third-order valence-corrected chi connectivity index (χ3v) is 4.34. The maximum Gasteiger partial charge on any atom is 0.0198 e. The lowest BCUT2D eigenvalue weighted by Crippen LogP contribution is -2.40. The van der Waals surface area contributed by atoms with Crippen molar-refractivity contribution in [2.75, 3.05) is 29.8 Å². The second-order valence-corrected chi connectivity index (χ2v) is 6.07. The lowest BCUT2D eigenvalue weighted by molar-refractivity contribution is 0.285. The van der Waals surface area contributed by atoms with Crippen LogP contribution in [-0.4, -0.2) is 40.0 Å². The van der Waals surface area contributed by atoms with Gasteiger partial charge in [-0.1, -0.05) is 36.4 Å². The van der Waals surface area contributed by atoms with Gasteiger partial charge in [0.2, 0.25) is 0 Å². The lowest BCUT2D eigenvalue weighted by Gasteiger charge is -2.33. The highest BCUT2D eigenvalue weighted by atomic mass is 127. The van der Waals surface area contributed by atoms with Crippen LogP contribution in [0.5, 0.6) is 0 Å². The Morgan fingerprint density at radius 1 is 1.58 bits per heavy atom. The highest BCUT2D eigenvalue weighted by Crippen LogP contribution is 2.24. The predicted octanol–water partition coefficient (Wildman–Crippen LogP) is 2.49. The Kier molecular flexibility index (Phi) is 5.28. The maximum atomic E-state index is 2.60. The fourth-order valence-electron chi connectivity index (χ4n) is 1.46. The molecule has 0 aromatic heterocycles. The van der Waals surface area contributed by atoms with Crippen LogP contribution in [0.25, 0.3) is 0 Å². The summed E-state index contributed by atoms with van der Waals surface area (Å²) in [6.45, 7) is 8.57. The van der Waals surface area contributed by atoms with Crippen molar-refractivity contribution in [1.29, 1.82) is 0 Å². The molecule has 3 heteroatoms. The van der Waals surface area contributed by atoms with Gasteiger partial charge in [0.1, 0.15) is 0 Å². The molecule has 0 aromatic carbocycles. The summed E-state index contributed by atoms with van der Waals surface area (Å²) in [4.78, 5) is 2.60. The van der Waals surface area contributed by atoms with Gasteiger partial charge in [0.05, 0.1) is 0 Å². The average Bonchev–Trinajstić information content (AvgIpc) is 2.05. The first-order chi connectivity index (χ1) is 5.74. The minimum atomic E-state index is 0.840. The highest BCUT2D eigenvalue weighted by Gasteiger charge is 2.21. The van der Waals surface area contributed by atoms with Crippen LogP contribution in [-0.2, 0) is 0 Å². The number of hydrogen-bond acceptors (Lipinski definition) is 2. The minimum Gasteiger partial charge on any atom is -0.301 e. The van der Waals surface area contributed by atoms with Gasteiger partial charge in [0.25, 0.3) is 0 Å². The monoisotopic (exact) mass is 299 g/mol. The molecule has 1 rings (SSSR count). The molecular formula is C9H18INS. The van der Waals surface area contributed by atoms with Crippen LogP contribution in [0, 0.1) is 5.92 Å². The van der Waals surface area contributed by atoms with E-state index < -0.39 is 0 Å². The van der Waals surface area contributed by atoms with Crippen molar-refractivity contribution in [2.24, 2.45) is 5.92 Å². The van der Waals surface area contributed by atoms with Gasteiger partial charge >= 0.3 is 0 Å². The van der Waals surface area contributed by atoms with Gasteiger partial charge in [-0.15, -0.1) is 0 Å². The Balaban J connectivity index is 2.30.